The Morgan fingerprint density at radius 3 is 2.53 bits per heavy atom. The van der Waals surface area contributed by atoms with Crippen molar-refractivity contribution in [2.75, 3.05) is 13.7 Å². The van der Waals surface area contributed by atoms with Crippen LogP contribution >= 0.6 is 0 Å². The van der Waals surface area contributed by atoms with E-state index in [1.54, 1.807) is 12.1 Å². The summed E-state index contributed by atoms with van der Waals surface area (Å²) in [5.41, 5.74) is 4.69. The molecular weight excluding hydrogens is 202 g/mol. The van der Waals surface area contributed by atoms with Gasteiger partial charge < -0.3 is 10.5 Å². The lowest BCUT2D eigenvalue weighted by molar-refractivity contribution is 0.0895. The minimum Gasteiger partial charge on any atom is -0.481 e. The highest BCUT2D eigenvalue weighted by molar-refractivity contribution is 5.38. The van der Waals surface area contributed by atoms with Crippen molar-refractivity contribution in [2.24, 2.45) is 5.73 Å². The maximum Gasteiger partial charge on any atom is 0.260 e. The molecule has 0 spiro atoms. The molecule has 0 aliphatic heterocycles. The molecule has 2 rings (SSSR count). The molecule has 1 fully saturated rings. The first kappa shape index (κ1) is 10.3. The van der Waals surface area contributed by atoms with Crippen LogP contribution in [0, 0.1) is 0 Å². The molecule has 1 aromatic heterocycles. The first-order valence-electron chi connectivity index (χ1n) is 4.64. The number of hydrogen-bond acceptors (Lipinski definition) is 3. The second kappa shape index (κ2) is 3.13. The number of methoxy groups -OCH3 is 1. The monoisotopic (exact) mass is 214 g/mol. The number of nitrogens with zero attached hydrogens (tertiary/aromatic N) is 1. The zero-order valence-electron chi connectivity index (χ0n) is 8.34. The normalized spacial score (nSPS) is 27.5. The van der Waals surface area contributed by atoms with E-state index in [2.05, 4.69) is 4.98 Å². The van der Waals surface area contributed by atoms with Crippen LogP contribution in [0.15, 0.2) is 18.3 Å². The van der Waals surface area contributed by atoms with E-state index in [-0.39, 0.29) is 13.0 Å². The van der Waals surface area contributed by atoms with Crippen LogP contribution in [0.5, 0.6) is 5.88 Å². The fourth-order valence-electron chi connectivity index (χ4n) is 1.77. The van der Waals surface area contributed by atoms with Crippen LogP contribution in [0.3, 0.4) is 0 Å². The van der Waals surface area contributed by atoms with Gasteiger partial charge in [0.2, 0.25) is 5.88 Å². The van der Waals surface area contributed by atoms with E-state index in [9.17, 15) is 8.78 Å². The topological polar surface area (TPSA) is 48.1 Å². The van der Waals surface area contributed by atoms with E-state index in [4.69, 9.17) is 10.5 Å². The predicted octanol–water partition coefficient (Wildman–Crippen LogP) is 1.33. The lowest BCUT2D eigenvalue weighted by Gasteiger charge is -2.13. The minimum atomic E-state index is -2.70. The number of alkyl halides is 2. The van der Waals surface area contributed by atoms with Gasteiger partial charge in [0.1, 0.15) is 0 Å². The van der Waals surface area contributed by atoms with Crippen molar-refractivity contribution >= 4 is 0 Å². The molecule has 0 bridgehead atoms. The van der Waals surface area contributed by atoms with Crippen LogP contribution in [-0.4, -0.2) is 24.6 Å². The van der Waals surface area contributed by atoms with E-state index in [0.29, 0.717) is 11.4 Å². The van der Waals surface area contributed by atoms with Gasteiger partial charge in [0.25, 0.3) is 5.92 Å². The standard InChI is InChI=1S/C10H12F2N2O/c1-15-8-3-2-7(4-14-8)9(6-13)5-10(9,11)12/h2-4H,5-6,13H2,1H3. The molecule has 0 aromatic carbocycles. The van der Waals surface area contributed by atoms with Crippen molar-refractivity contribution in [1.82, 2.24) is 4.98 Å². The molecule has 3 nitrogen and oxygen atoms in total. The summed E-state index contributed by atoms with van der Waals surface area (Å²) in [6.07, 6.45) is 1.22. The molecule has 15 heavy (non-hydrogen) atoms. The van der Waals surface area contributed by atoms with Crippen LogP contribution in [0.1, 0.15) is 12.0 Å². The molecule has 0 radical (unpaired) electrons. The lowest BCUT2D eigenvalue weighted by Crippen LogP contribution is -2.26. The van der Waals surface area contributed by atoms with Gasteiger partial charge in [-0.2, -0.15) is 0 Å². The SMILES string of the molecule is COc1ccc(C2(CN)CC2(F)F)cn1. The van der Waals surface area contributed by atoms with Crippen LogP contribution in [-0.2, 0) is 5.41 Å². The first-order valence-corrected chi connectivity index (χ1v) is 4.64. The molecule has 1 atom stereocenters. The quantitative estimate of drug-likeness (QED) is 0.825. The molecular formula is C10H12F2N2O. The maximum absolute atomic E-state index is 13.2. The summed E-state index contributed by atoms with van der Waals surface area (Å²) in [4.78, 5) is 3.91. The van der Waals surface area contributed by atoms with E-state index < -0.39 is 11.3 Å². The molecule has 82 valence electrons. The molecule has 1 unspecified atom stereocenters. The molecule has 1 aliphatic rings. The lowest BCUT2D eigenvalue weighted by atomic mass is 9.97. The van der Waals surface area contributed by atoms with Crippen LogP contribution < -0.4 is 10.5 Å². The molecule has 1 heterocycles. The van der Waals surface area contributed by atoms with Gasteiger partial charge in [0.05, 0.1) is 12.5 Å². The molecule has 2 N–H and O–H groups in total. The molecule has 1 aliphatic carbocycles. The number of ether oxygens (including phenoxy) is 1. The van der Waals surface area contributed by atoms with Gasteiger partial charge in [-0.3, -0.25) is 0 Å². The van der Waals surface area contributed by atoms with Crippen LogP contribution in [0.4, 0.5) is 8.78 Å². The predicted molar refractivity (Wildman–Crippen MR) is 51.1 cm³/mol. The van der Waals surface area contributed by atoms with Crippen molar-refractivity contribution in [3.8, 4) is 5.88 Å². The Morgan fingerprint density at radius 2 is 2.20 bits per heavy atom. The highest BCUT2D eigenvalue weighted by atomic mass is 19.3. The number of rotatable bonds is 3. The summed E-state index contributed by atoms with van der Waals surface area (Å²) < 4.78 is 31.2. The fourth-order valence-corrected chi connectivity index (χ4v) is 1.77. The van der Waals surface area contributed by atoms with E-state index in [1.165, 1.54) is 13.3 Å². The minimum absolute atomic E-state index is 0.0615. The van der Waals surface area contributed by atoms with Crippen molar-refractivity contribution in [3.05, 3.63) is 23.9 Å². The number of aromatic nitrogens is 1. The van der Waals surface area contributed by atoms with Crippen molar-refractivity contribution in [3.63, 3.8) is 0 Å². The summed E-state index contributed by atoms with van der Waals surface area (Å²) in [5, 5.41) is 0. The van der Waals surface area contributed by atoms with Gasteiger partial charge in [-0.15, -0.1) is 0 Å². The Morgan fingerprint density at radius 1 is 1.53 bits per heavy atom. The molecule has 0 saturated heterocycles. The molecule has 1 aromatic rings. The Kier molecular flexibility index (Phi) is 2.15. The maximum atomic E-state index is 13.2. The van der Waals surface area contributed by atoms with E-state index in [1.807, 2.05) is 0 Å². The second-order valence-electron chi connectivity index (χ2n) is 3.76. The summed E-state index contributed by atoms with van der Waals surface area (Å²) in [6, 6.07) is 3.17. The zero-order chi connectivity index (χ0) is 11.1. The Bertz CT molecular complexity index is 366. The van der Waals surface area contributed by atoms with Crippen LogP contribution in [0.2, 0.25) is 0 Å². The summed E-state index contributed by atoms with van der Waals surface area (Å²) in [5.74, 6) is -2.28. The molecule has 5 heteroatoms. The largest absolute Gasteiger partial charge is 0.481 e. The van der Waals surface area contributed by atoms with Gasteiger partial charge >= 0.3 is 0 Å². The molecule has 1 saturated carbocycles. The Balaban J connectivity index is 2.30. The van der Waals surface area contributed by atoms with E-state index >= 15 is 0 Å². The Labute approximate surface area is 86.3 Å². The van der Waals surface area contributed by atoms with Gasteiger partial charge in [-0.1, -0.05) is 6.07 Å². The van der Waals surface area contributed by atoms with Crippen molar-refractivity contribution in [1.29, 1.82) is 0 Å². The third kappa shape index (κ3) is 1.38. The average molecular weight is 214 g/mol. The van der Waals surface area contributed by atoms with Gasteiger partial charge in [-0.25, -0.2) is 13.8 Å². The van der Waals surface area contributed by atoms with Crippen LogP contribution in [0.25, 0.3) is 0 Å². The summed E-state index contributed by atoms with van der Waals surface area (Å²) in [6.45, 7) is -0.0615. The number of nitrogens with two attached hydrogens (primary N) is 1. The Hall–Kier alpha value is -1.23. The van der Waals surface area contributed by atoms with Gasteiger partial charge in [0.15, 0.2) is 0 Å². The number of halogens is 2. The second-order valence-corrected chi connectivity index (χ2v) is 3.76. The average Bonchev–Trinajstić information content (AvgIpc) is 2.82. The highest BCUT2D eigenvalue weighted by Crippen LogP contribution is 2.60. The highest BCUT2D eigenvalue weighted by Gasteiger charge is 2.71. The van der Waals surface area contributed by atoms with Gasteiger partial charge in [-0.05, 0) is 5.56 Å². The summed E-state index contributed by atoms with van der Waals surface area (Å²) >= 11 is 0. The van der Waals surface area contributed by atoms with Crippen molar-refractivity contribution in [2.45, 2.75) is 17.8 Å². The fraction of sp³-hybridized carbons (Fsp3) is 0.500. The number of hydrogen-bond donors (Lipinski definition) is 1. The van der Waals surface area contributed by atoms with Crippen molar-refractivity contribution < 1.29 is 13.5 Å². The third-order valence-electron chi connectivity index (χ3n) is 2.95. The number of pyridine rings is 1. The third-order valence-corrected chi connectivity index (χ3v) is 2.95. The smallest absolute Gasteiger partial charge is 0.260 e. The first-order chi connectivity index (χ1) is 7.05. The molecule has 0 amide bonds. The van der Waals surface area contributed by atoms with Gasteiger partial charge in [0, 0.05) is 25.2 Å². The zero-order valence-corrected chi connectivity index (χ0v) is 8.34. The summed E-state index contributed by atoms with van der Waals surface area (Å²) in [7, 11) is 1.48. The van der Waals surface area contributed by atoms with E-state index in [0.717, 1.165) is 0 Å².